The molecule has 1 fully saturated rings. The van der Waals surface area contributed by atoms with Crippen molar-refractivity contribution in [1.82, 2.24) is 4.90 Å². The van der Waals surface area contributed by atoms with E-state index in [4.69, 9.17) is 15.2 Å². The molecule has 1 aromatic rings. The highest BCUT2D eigenvalue weighted by molar-refractivity contribution is 5.29. The number of nitrogens with two attached hydrogens (primary N) is 1. The van der Waals surface area contributed by atoms with Gasteiger partial charge >= 0.3 is 0 Å². The lowest BCUT2D eigenvalue weighted by Gasteiger charge is -2.43. The van der Waals surface area contributed by atoms with E-state index in [2.05, 4.69) is 30.9 Å². The first-order chi connectivity index (χ1) is 9.99. The normalized spacial score (nSPS) is 26.3. The first-order valence-corrected chi connectivity index (χ1v) is 7.68. The van der Waals surface area contributed by atoms with E-state index in [0.29, 0.717) is 0 Å². The van der Waals surface area contributed by atoms with Gasteiger partial charge in [-0.05, 0) is 50.9 Å². The molecule has 1 saturated heterocycles. The van der Waals surface area contributed by atoms with Gasteiger partial charge < -0.3 is 15.2 Å². The number of methoxy groups -OCH3 is 2. The fourth-order valence-electron chi connectivity index (χ4n) is 3.09. The number of ether oxygens (including phenoxy) is 2. The molecule has 2 N–H and O–H groups in total. The van der Waals surface area contributed by atoms with Crippen LogP contribution in [0.4, 0.5) is 0 Å². The highest BCUT2D eigenvalue weighted by Crippen LogP contribution is 2.28. The van der Waals surface area contributed by atoms with Crippen LogP contribution in [0.1, 0.15) is 38.3 Å². The fourth-order valence-corrected chi connectivity index (χ4v) is 3.09. The molecule has 1 aromatic carbocycles. The van der Waals surface area contributed by atoms with Gasteiger partial charge in [-0.3, -0.25) is 4.90 Å². The number of piperidine rings is 1. The van der Waals surface area contributed by atoms with Gasteiger partial charge in [0.15, 0.2) is 0 Å². The Labute approximate surface area is 128 Å². The average Bonchev–Trinajstić information content (AvgIpc) is 2.53. The number of rotatable bonds is 5. The van der Waals surface area contributed by atoms with E-state index >= 15 is 0 Å². The molecular formula is C17H28N2O2. The Hall–Kier alpha value is -1.10. The van der Waals surface area contributed by atoms with E-state index in [-0.39, 0.29) is 17.7 Å². The van der Waals surface area contributed by atoms with Gasteiger partial charge in [-0.15, -0.1) is 0 Å². The van der Waals surface area contributed by atoms with E-state index in [1.807, 2.05) is 12.1 Å². The van der Waals surface area contributed by atoms with Crippen LogP contribution in [0.25, 0.3) is 0 Å². The number of hydrogen-bond acceptors (Lipinski definition) is 4. The molecule has 2 rings (SSSR count). The topological polar surface area (TPSA) is 47.7 Å². The molecule has 0 saturated carbocycles. The number of hydrogen-bond donors (Lipinski definition) is 1. The second-order valence-corrected chi connectivity index (χ2v) is 6.27. The van der Waals surface area contributed by atoms with Gasteiger partial charge in [0.25, 0.3) is 0 Å². The van der Waals surface area contributed by atoms with Crippen LogP contribution < -0.4 is 10.5 Å². The molecule has 21 heavy (non-hydrogen) atoms. The molecule has 0 bridgehead atoms. The summed E-state index contributed by atoms with van der Waals surface area (Å²) in [6, 6.07) is 8.33. The molecule has 0 amide bonds. The van der Waals surface area contributed by atoms with Crippen LogP contribution in [-0.2, 0) is 4.74 Å². The van der Waals surface area contributed by atoms with Crippen molar-refractivity contribution in [2.45, 2.75) is 44.4 Å². The zero-order valence-corrected chi connectivity index (χ0v) is 13.6. The SMILES string of the molecule is COc1ccc(C(N)C(C)N2CCCC(C)(OC)C2)cc1. The standard InChI is InChI=1S/C17H28N2O2/c1-13(19-11-5-10-17(2,12-19)21-4)16(18)14-6-8-15(20-3)9-7-14/h6-9,13,16H,5,10-12,18H2,1-4H3. The Morgan fingerprint density at radius 3 is 2.48 bits per heavy atom. The Morgan fingerprint density at radius 1 is 1.24 bits per heavy atom. The lowest BCUT2D eigenvalue weighted by Crippen LogP contribution is -2.52. The van der Waals surface area contributed by atoms with Crippen molar-refractivity contribution in [3.63, 3.8) is 0 Å². The first-order valence-electron chi connectivity index (χ1n) is 7.68. The third-order valence-electron chi connectivity index (χ3n) is 4.78. The molecule has 4 nitrogen and oxygen atoms in total. The van der Waals surface area contributed by atoms with Gasteiger partial charge in [0.2, 0.25) is 0 Å². The highest BCUT2D eigenvalue weighted by atomic mass is 16.5. The monoisotopic (exact) mass is 292 g/mol. The lowest BCUT2D eigenvalue weighted by molar-refractivity contribution is -0.0618. The fraction of sp³-hybridized carbons (Fsp3) is 0.647. The van der Waals surface area contributed by atoms with Crippen LogP contribution in [0, 0.1) is 0 Å². The van der Waals surface area contributed by atoms with Gasteiger partial charge in [-0.2, -0.15) is 0 Å². The quantitative estimate of drug-likeness (QED) is 0.906. The van der Waals surface area contributed by atoms with E-state index in [0.717, 1.165) is 37.2 Å². The van der Waals surface area contributed by atoms with Crippen LogP contribution in [-0.4, -0.2) is 43.9 Å². The van der Waals surface area contributed by atoms with Gasteiger partial charge in [0.1, 0.15) is 5.75 Å². The van der Waals surface area contributed by atoms with Gasteiger partial charge in [-0.25, -0.2) is 0 Å². The molecule has 118 valence electrons. The zero-order valence-electron chi connectivity index (χ0n) is 13.6. The van der Waals surface area contributed by atoms with Crippen molar-refractivity contribution < 1.29 is 9.47 Å². The third-order valence-corrected chi connectivity index (χ3v) is 4.78. The number of nitrogens with zero attached hydrogens (tertiary/aromatic N) is 1. The summed E-state index contributed by atoms with van der Waals surface area (Å²) in [5, 5.41) is 0. The van der Waals surface area contributed by atoms with Gasteiger partial charge in [-0.1, -0.05) is 12.1 Å². The van der Waals surface area contributed by atoms with E-state index < -0.39 is 0 Å². The van der Waals surface area contributed by atoms with Gasteiger partial charge in [0, 0.05) is 25.7 Å². The van der Waals surface area contributed by atoms with Crippen molar-refractivity contribution in [1.29, 1.82) is 0 Å². The van der Waals surface area contributed by atoms with Crippen molar-refractivity contribution >= 4 is 0 Å². The molecule has 1 aliphatic rings. The number of likely N-dealkylation sites (tertiary alicyclic amines) is 1. The molecule has 0 aliphatic carbocycles. The molecule has 1 heterocycles. The van der Waals surface area contributed by atoms with E-state index in [9.17, 15) is 0 Å². The average molecular weight is 292 g/mol. The number of benzene rings is 1. The van der Waals surface area contributed by atoms with Crippen molar-refractivity contribution in [2.24, 2.45) is 5.73 Å². The van der Waals surface area contributed by atoms with Crippen molar-refractivity contribution in [2.75, 3.05) is 27.3 Å². The van der Waals surface area contributed by atoms with Crippen molar-refractivity contribution in [3.05, 3.63) is 29.8 Å². The predicted octanol–water partition coefficient (Wildman–Crippen LogP) is 2.58. The molecule has 0 radical (unpaired) electrons. The molecule has 1 aliphatic heterocycles. The van der Waals surface area contributed by atoms with Crippen LogP contribution in [0.3, 0.4) is 0 Å². The third kappa shape index (κ3) is 3.76. The minimum atomic E-state index is -0.0495. The zero-order chi connectivity index (χ0) is 15.5. The summed E-state index contributed by atoms with van der Waals surface area (Å²) < 4.78 is 10.9. The maximum Gasteiger partial charge on any atom is 0.118 e. The predicted molar refractivity (Wildman–Crippen MR) is 85.6 cm³/mol. The summed E-state index contributed by atoms with van der Waals surface area (Å²) in [4.78, 5) is 2.45. The highest BCUT2D eigenvalue weighted by Gasteiger charge is 2.34. The maximum absolute atomic E-state index is 6.47. The molecule has 0 aromatic heterocycles. The van der Waals surface area contributed by atoms with Crippen LogP contribution >= 0.6 is 0 Å². The molecule has 3 atom stereocenters. The second-order valence-electron chi connectivity index (χ2n) is 6.27. The molecule has 4 heteroatoms. The molecule has 0 spiro atoms. The Kier molecular flexibility index (Phi) is 5.25. The van der Waals surface area contributed by atoms with Gasteiger partial charge in [0.05, 0.1) is 12.7 Å². The summed E-state index contributed by atoms with van der Waals surface area (Å²) in [6.07, 6.45) is 2.27. The second kappa shape index (κ2) is 6.77. The van der Waals surface area contributed by atoms with E-state index in [1.165, 1.54) is 0 Å². The molecule has 3 unspecified atom stereocenters. The maximum atomic E-state index is 6.47. The Morgan fingerprint density at radius 2 is 1.90 bits per heavy atom. The van der Waals surface area contributed by atoms with Crippen LogP contribution in [0.5, 0.6) is 5.75 Å². The minimum absolute atomic E-state index is 0.00453. The minimum Gasteiger partial charge on any atom is -0.497 e. The lowest BCUT2D eigenvalue weighted by atomic mass is 9.91. The summed E-state index contributed by atoms with van der Waals surface area (Å²) in [6.45, 7) is 6.42. The van der Waals surface area contributed by atoms with E-state index in [1.54, 1.807) is 14.2 Å². The molecular weight excluding hydrogens is 264 g/mol. The van der Waals surface area contributed by atoms with Crippen molar-refractivity contribution in [3.8, 4) is 5.75 Å². The van der Waals surface area contributed by atoms with Crippen LogP contribution in [0.2, 0.25) is 0 Å². The summed E-state index contributed by atoms with van der Waals surface area (Å²) in [5.41, 5.74) is 7.56. The summed E-state index contributed by atoms with van der Waals surface area (Å²) >= 11 is 0. The summed E-state index contributed by atoms with van der Waals surface area (Å²) in [5.74, 6) is 0.864. The Balaban J connectivity index is 2.05. The first kappa shape index (κ1) is 16.3. The largest absolute Gasteiger partial charge is 0.497 e. The Bertz CT molecular complexity index is 449. The summed E-state index contributed by atoms with van der Waals surface area (Å²) in [7, 11) is 3.48. The van der Waals surface area contributed by atoms with Crippen LogP contribution in [0.15, 0.2) is 24.3 Å². The smallest absolute Gasteiger partial charge is 0.118 e.